The van der Waals surface area contributed by atoms with Gasteiger partial charge in [0.1, 0.15) is 11.8 Å². The van der Waals surface area contributed by atoms with Crippen LogP contribution in [-0.2, 0) is 29.8 Å². The second kappa shape index (κ2) is 16.8. The van der Waals surface area contributed by atoms with E-state index in [0.717, 1.165) is 11.1 Å². The lowest BCUT2D eigenvalue weighted by Crippen LogP contribution is -2.60. The highest BCUT2D eigenvalue weighted by Crippen LogP contribution is 2.31. The van der Waals surface area contributed by atoms with E-state index in [-0.39, 0.29) is 22.6 Å². The third kappa shape index (κ3) is 10.6. The van der Waals surface area contributed by atoms with Crippen molar-refractivity contribution in [2.75, 3.05) is 26.5 Å². The van der Waals surface area contributed by atoms with Crippen molar-refractivity contribution in [3.63, 3.8) is 0 Å². The Hall–Kier alpha value is -3.35. The van der Waals surface area contributed by atoms with Crippen LogP contribution < -0.4 is 20.1 Å². The number of amides is 3. The predicted molar refractivity (Wildman–Crippen MR) is 194 cm³/mol. The normalized spacial score (nSPS) is 14.6. The quantitative estimate of drug-likeness (QED) is 0.195. The fraction of sp³-hybridized carbons (Fsp3) is 0.528. The molecule has 0 saturated carbocycles. The summed E-state index contributed by atoms with van der Waals surface area (Å²) in [7, 11) is -0.771. The fourth-order valence-corrected chi connectivity index (χ4v) is 6.51. The van der Waals surface area contributed by atoms with Gasteiger partial charge in [-0.05, 0) is 62.1 Å². The van der Waals surface area contributed by atoms with E-state index in [4.69, 9.17) is 4.74 Å². The van der Waals surface area contributed by atoms with Gasteiger partial charge < -0.3 is 20.3 Å². The van der Waals surface area contributed by atoms with Gasteiger partial charge in [0.25, 0.3) is 10.0 Å². The zero-order chi connectivity index (χ0) is 36.6. The summed E-state index contributed by atoms with van der Waals surface area (Å²) in [5, 5.41) is 6.16. The molecule has 0 fully saturated rings. The molecule has 3 atom stereocenters. The Balaban J connectivity index is 2.32. The van der Waals surface area contributed by atoms with Gasteiger partial charge in [-0.3, -0.25) is 14.4 Å². The van der Waals surface area contributed by atoms with Crippen molar-refractivity contribution in [2.45, 2.75) is 84.7 Å². The zero-order valence-corrected chi connectivity index (χ0v) is 31.9. The number of sulfonamides is 1. The maximum absolute atomic E-state index is 14.2. The van der Waals surface area contributed by atoms with E-state index in [9.17, 15) is 22.8 Å². The smallest absolute Gasteiger partial charge is 0.264 e. The van der Waals surface area contributed by atoms with Crippen LogP contribution in [0.2, 0.25) is 0 Å². The lowest BCUT2D eigenvalue weighted by Gasteiger charge is -2.39. The Labute approximate surface area is 292 Å². The monoisotopic (exact) mass is 702 g/mol. The highest BCUT2D eigenvalue weighted by atomic mass is 32.2. The van der Waals surface area contributed by atoms with Crippen molar-refractivity contribution in [1.29, 1.82) is 0 Å². The Bertz CT molecular complexity index is 1550. The summed E-state index contributed by atoms with van der Waals surface area (Å²) in [5.74, 6) is -1.22. The van der Waals surface area contributed by atoms with E-state index in [2.05, 4.69) is 28.0 Å². The number of likely N-dealkylation sites (N-methyl/N-ethyl adjacent to an activating group) is 2. The number of nitrogens with one attached hydrogen (secondary N) is 3. The second-order valence-corrected chi connectivity index (χ2v) is 16.2. The number of carbonyl (C=O) groups is 3. The standard InChI is InChI=1S/C36H54N4O6S2/c1-23(2)29(22-25(4)32(41)39-48(44,45)28-18-12-24(3)13-19-28)40(11)34(43)31(35(5,6)7)38-33(42)30(37-10)36(8,9)26-14-16-27(17-15-26)46-20-21-47/h12-19,22-23,25,30-31,37,47H,20-21H2,1-11H3,(H,38,42)(H,39,41)/b29-22+. The van der Waals surface area contributed by atoms with Gasteiger partial charge >= 0.3 is 0 Å². The number of thiol groups is 1. The molecule has 3 N–H and O–H groups in total. The molecule has 10 nitrogen and oxygen atoms in total. The van der Waals surface area contributed by atoms with Crippen molar-refractivity contribution >= 4 is 40.4 Å². The molecule has 0 aromatic heterocycles. The summed E-state index contributed by atoms with van der Waals surface area (Å²) >= 11 is 4.18. The Kier molecular flexibility index (Phi) is 14.3. The van der Waals surface area contributed by atoms with E-state index in [1.807, 2.05) is 79.7 Å². The molecule has 48 heavy (non-hydrogen) atoms. The molecule has 0 aliphatic carbocycles. The number of ether oxygens (including phenoxy) is 1. The predicted octanol–water partition coefficient (Wildman–Crippen LogP) is 4.84. The number of carbonyl (C=O) groups excluding carboxylic acids is 3. The summed E-state index contributed by atoms with van der Waals surface area (Å²) in [6.07, 6.45) is 1.59. The molecule has 0 bridgehead atoms. The maximum atomic E-state index is 14.2. The second-order valence-electron chi connectivity index (χ2n) is 14.1. The fourth-order valence-electron chi connectivity index (χ4n) is 5.35. The molecule has 266 valence electrons. The summed E-state index contributed by atoms with van der Waals surface area (Å²) < 4.78 is 33.5. The van der Waals surface area contributed by atoms with Gasteiger partial charge in [-0.15, -0.1) is 0 Å². The SMILES string of the molecule is CNC(C(=O)NC(C(=O)N(C)/C(=C/C(C)C(=O)NS(=O)(=O)c1ccc(C)cc1)C(C)C)C(C)(C)C)C(C)(C)c1ccc(OCCS)cc1. The molecule has 0 radical (unpaired) electrons. The minimum absolute atomic E-state index is 0.0175. The molecule has 2 rings (SSSR count). The number of rotatable bonds is 15. The summed E-state index contributed by atoms with van der Waals surface area (Å²) in [4.78, 5) is 42.6. The van der Waals surface area contributed by atoms with Gasteiger partial charge in [0.05, 0.1) is 23.5 Å². The van der Waals surface area contributed by atoms with Gasteiger partial charge in [0.15, 0.2) is 0 Å². The average Bonchev–Trinajstić information content (AvgIpc) is 3.00. The Morgan fingerprint density at radius 3 is 1.96 bits per heavy atom. The molecule has 3 unspecified atom stereocenters. The van der Waals surface area contributed by atoms with Gasteiger partial charge in [-0.2, -0.15) is 12.6 Å². The van der Waals surface area contributed by atoms with Crippen LogP contribution in [0.1, 0.15) is 66.5 Å². The van der Waals surface area contributed by atoms with E-state index < -0.39 is 44.8 Å². The summed E-state index contributed by atoms with van der Waals surface area (Å²) in [6.45, 7) is 17.2. The largest absolute Gasteiger partial charge is 0.493 e. The zero-order valence-electron chi connectivity index (χ0n) is 30.2. The van der Waals surface area contributed by atoms with E-state index >= 15 is 0 Å². The minimum Gasteiger partial charge on any atom is -0.493 e. The van der Waals surface area contributed by atoms with Crippen LogP contribution in [0.5, 0.6) is 5.75 Å². The van der Waals surface area contributed by atoms with Gasteiger partial charge in [0.2, 0.25) is 17.7 Å². The molecule has 0 aliphatic rings. The minimum atomic E-state index is -4.08. The lowest BCUT2D eigenvalue weighted by atomic mass is 9.76. The van der Waals surface area contributed by atoms with Crippen molar-refractivity contribution in [3.05, 3.63) is 71.4 Å². The van der Waals surface area contributed by atoms with E-state index in [1.54, 1.807) is 39.2 Å². The molecule has 3 amide bonds. The molecule has 0 heterocycles. The summed E-state index contributed by atoms with van der Waals surface area (Å²) in [6, 6.07) is 12.1. The molecule has 12 heteroatoms. The first-order chi connectivity index (χ1) is 22.2. The van der Waals surface area contributed by atoms with Gasteiger partial charge in [0, 0.05) is 23.9 Å². The lowest BCUT2D eigenvalue weighted by molar-refractivity contribution is -0.138. The topological polar surface area (TPSA) is 134 Å². The average molecular weight is 703 g/mol. The molecule has 2 aromatic rings. The maximum Gasteiger partial charge on any atom is 0.264 e. The number of benzene rings is 2. The molecule has 0 saturated heterocycles. The Morgan fingerprint density at radius 1 is 0.917 bits per heavy atom. The van der Waals surface area contributed by atoms with Crippen molar-refractivity contribution in [2.24, 2.45) is 17.3 Å². The first kappa shape index (κ1) is 40.8. The van der Waals surface area contributed by atoms with E-state index in [0.29, 0.717) is 23.8 Å². The number of allylic oxidation sites excluding steroid dienone is 1. The van der Waals surface area contributed by atoms with Crippen LogP contribution in [0.3, 0.4) is 0 Å². The Morgan fingerprint density at radius 2 is 1.48 bits per heavy atom. The molecule has 0 aliphatic heterocycles. The van der Waals surface area contributed by atoms with Crippen molar-refractivity contribution in [1.82, 2.24) is 20.3 Å². The van der Waals surface area contributed by atoms with Crippen molar-refractivity contribution < 1.29 is 27.5 Å². The number of aryl methyl sites for hydroxylation is 1. The van der Waals surface area contributed by atoms with Crippen LogP contribution in [0.4, 0.5) is 0 Å². The van der Waals surface area contributed by atoms with Gasteiger partial charge in [-0.25, -0.2) is 13.1 Å². The van der Waals surface area contributed by atoms with Gasteiger partial charge in [-0.1, -0.05) is 84.4 Å². The number of hydrogen-bond donors (Lipinski definition) is 4. The number of nitrogens with zero attached hydrogens (tertiary/aromatic N) is 1. The first-order valence-electron chi connectivity index (χ1n) is 16.1. The van der Waals surface area contributed by atoms with Crippen molar-refractivity contribution in [3.8, 4) is 5.75 Å². The third-order valence-electron chi connectivity index (χ3n) is 8.34. The highest BCUT2D eigenvalue weighted by Gasteiger charge is 2.41. The highest BCUT2D eigenvalue weighted by molar-refractivity contribution is 7.90. The van der Waals surface area contributed by atoms with Crippen LogP contribution in [0.25, 0.3) is 0 Å². The van der Waals surface area contributed by atoms with Crippen LogP contribution in [-0.4, -0.2) is 69.6 Å². The summed E-state index contributed by atoms with van der Waals surface area (Å²) in [5.41, 5.74) is 0.977. The molecular formula is C36H54N4O6S2. The molecule has 2 aromatic carbocycles. The van der Waals surface area contributed by atoms with Crippen LogP contribution in [0.15, 0.2) is 65.2 Å². The first-order valence-corrected chi connectivity index (χ1v) is 18.2. The third-order valence-corrected chi connectivity index (χ3v) is 9.89. The van der Waals surface area contributed by atoms with Crippen LogP contribution in [0, 0.1) is 24.2 Å². The number of hydrogen-bond acceptors (Lipinski definition) is 8. The van der Waals surface area contributed by atoms with Crippen LogP contribution >= 0.6 is 12.6 Å². The van der Waals surface area contributed by atoms with E-state index in [1.165, 1.54) is 17.0 Å². The molecular weight excluding hydrogens is 649 g/mol. The molecule has 0 spiro atoms.